The summed E-state index contributed by atoms with van der Waals surface area (Å²) in [6, 6.07) is 10.2. The highest BCUT2D eigenvalue weighted by molar-refractivity contribution is 7.98. The highest BCUT2D eigenvalue weighted by Gasteiger charge is 2.17. The largest absolute Gasteiger partial charge is 0.496 e. The monoisotopic (exact) mass is 496 g/mol. The number of nitrogens with zero attached hydrogens (tertiary/aromatic N) is 1. The minimum absolute atomic E-state index is 0.0494. The van der Waals surface area contributed by atoms with Gasteiger partial charge in [0.2, 0.25) is 5.88 Å². The molecule has 184 valence electrons. The number of H-pyrrole nitrogens is 1. The number of hydrogen-bond donors (Lipinski definition) is 2. The molecule has 8 nitrogen and oxygen atoms in total. The van der Waals surface area contributed by atoms with Crippen LogP contribution >= 0.6 is 11.8 Å². The second kappa shape index (κ2) is 11.7. The maximum absolute atomic E-state index is 12.8. The molecule has 3 rings (SSSR count). The predicted octanol–water partition coefficient (Wildman–Crippen LogP) is 4.56. The van der Waals surface area contributed by atoms with Crippen molar-refractivity contribution < 1.29 is 24.2 Å². The molecule has 0 amide bonds. The first-order valence-electron chi connectivity index (χ1n) is 11.1. The molecule has 0 fully saturated rings. The topological polar surface area (TPSA) is 119 Å². The molecule has 0 atom stereocenters. The normalized spacial score (nSPS) is 10.7. The van der Waals surface area contributed by atoms with Crippen molar-refractivity contribution in [1.29, 1.82) is 0 Å². The Bertz CT molecular complexity index is 1300. The molecule has 0 unspecified atom stereocenters. The van der Waals surface area contributed by atoms with E-state index in [0.717, 1.165) is 12.0 Å². The Morgan fingerprint density at radius 3 is 2.23 bits per heavy atom. The van der Waals surface area contributed by atoms with Crippen molar-refractivity contribution in [3.8, 4) is 17.4 Å². The number of hydrogen-bond acceptors (Lipinski definition) is 8. The zero-order valence-corrected chi connectivity index (χ0v) is 21.0. The second-order valence-electron chi connectivity index (χ2n) is 7.95. The van der Waals surface area contributed by atoms with Gasteiger partial charge in [0.05, 0.1) is 19.3 Å². The summed E-state index contributed by atoms with van der Waals surface area (Å²) in [5, 5.41) is 10.8. The van der Waals surface area contributed by atoms with E-state index < -0.39 is 11.4 Å². The highest BCUT2D eigenvalue weighted by atomic mass is 32.2. The van der Waals surface area contributed by atoms with Crippen molar-refractivity contribution in [1.82, 2.24) is 9.97 Å². The number of Topliss-reactive ketones (excluding diaryl/α,β-unsaturated/α-hetero) is 2. The van der Waals surface area contributed by atoms with Gasteiger partial charge < -0.3 is 19.6 Å². The molecule has 1 aromatic heterocycles. The number of aromatic hydroxyl groups is 1. The lowest BCUT2D eigenvalue weighted by Gasteiger charge is -2.13. The zero-order chi connectivity index (χ0) is 25.5. The Kier molecular flexibility index (Phi) is 8.70. The summed E-state index contributed by atoms with van der Waals surface area (Å²) in [5.74, 6) is 0.948. The van der Waals surface area contributed by atoms with E-state index in [4.69, 9.17) is 9.47 Å². The third-order valence-corrected chi connectivity index (χ3v) is 6.24. The van der Waals surface area contributed by atoms with Crippen molar-refractivity contribution in [2.24, 2.45) is 0 Å². The van der Waals surface area contributed by atoms with Crippen LogP contribution in [0.4, 0.5) is 0 Å². The number of rotatable bonds is 11. The summed E-state index contributed by atoms with van der Waals surface area (Å²) < 4.78 is 11.1. The average molecular weight is 497 g/mol. The lowest BCUT2D eigenvalue weighted by atomic mass is 10.0. The molecule has 9 heteroatoms. The maximum atomic E-state index is 12.8. The number of ketones is 2. The van der Waals surface area contributed by atoms with Crippen molar-refractivity contribution in [3.63, 3.8) is 0 Å². The third-order valence-electron chi connectivity index (χ3n) is 5.32. The number of ether oxygens (including phenoxy) is 2. The summed E-state index contributed by atoms with van der Waals surface area (Å²) >= 11 is 1.20. The van der Waals surface area contributed by atoms with Crippen LogP contribution in [0.25, 0.3) is 0 Å². The number of aromatic amines is 1. The van der Waals surface area contributed by atoms with Gasteiger partial charge in [-0.2, -0.15) is 4.98 Å². The van der Waals surface area contributed by atoms with Crippen LogP contribution < -0.4 is 15.0 Å². The molecule has 2 N–H and O–H groups in total. The van der Waals surface area contributed by atoms with Crippen LogP contribution in [-0.4, -0.2) is 40.4 Å². The van der Waals surface area contributed by atoms with Crippen molar-refractivity contribution >= 4 is 23.3 Å². The van der Waals surface area contributed by atoms with Crippen LogP contribution in [0.1, 0.15) is 64.6 Å². The number of methoxy groups -OCH3 is 1. The van der Waals surface area contributed by atoms with Crippen LogP contribution in [-0.2, 0) is 12.2 Å². The van der Waals surface area contributed by atoms with Crippen molar-refractivity contribution in [3.05, 3.63) is 74.6 Å². The fourth-order valence-electron chi connectivity index (χ4n) is 3.43. The SMILES string of the molecule is CCCOc1ccc(C(C)=O)cc1Cc1c(O)nc(SCc2cc(C(C)=O)ccc2OC)[nH]c1=O. The van der Waals surface area contributed by atoms with Gasteiger partial charge in [-0.25, -0.2) is 0 Å². The summed E-state index contributed by atoms with van der Waals surface area (Å²) in [6.07, 6.45) is 0.848. The van der Waals surface area contributed by atoms with Gasteiger partial charge in [0.25, 0.3) is 5.56 Å². The molecule has 0 aliphatic rings. The van der Waals surface area contributed by atoms with E-state index in [1.165, 1.54) is 32.7 Å². The molecular weight excluding hydrogens is 468 g/mol. The number of carbonyl (C=O) groups excluding carboxylic acids is 2. The zero-order valence-electron chi connectivity index (χ0n) is 20.1. The number of aromatic nitrogens is 2. The molecule has 0 radical (unpaired) electrons. The first-order valence-corrected chi connectivity index (χ1v) is 12.1. The Hall–Kier alpha value is -3.59. The molecule has 0 aliphatic heterocycles. The van der Waals surface area contributed by atoms with Crippen molar-refractivity contribution in [2.75, 3.05) is 13.7 Å². The minimum Gasteiger partial charge on any atom is -0.496 e. The van der Waals surface area contributed by atoms with Crippen LogP contribution in [0.3, 0.4) is 0 Å². The average Bonchev–Trinajstić information content (AvgIpc) is 2.83. The molecule has 0 aliphatic carbocycles. The van der Waals surface area contributed by atoms with Gasteiger partial charge in [-0.3, -0.25) is 14.4 Å². The molecule has 2 aromatic carbocycles. The van der Waals surface area contributed by atoms with Crippen LogP contribution in [0.15, 0.2) is 46.3 Å². The minimum atomic E-state index is -0.487. The predicted molar refractivity (Wildman–Crippen MR) is 134 cm³/mol. The standard InChI is InChI=1S/C26H28N2O6S/c1-5-10-34-23-9-7-17(15(2)29)11-19(23)13-21-24(31)27-26(28-25(21)32)35-14-20-12-18(16(3)30)6-8-22(20)33-4/h6-9,11-12H,5,10,13-14H2,1-4H3,(H2,27,28,31,32). The van der Waals surface area contributed by atoms with Gasteiger partial charge in [0, 0.05) is 28.9 Å². The summed E-state index contributed by atoms with van der Waals surface area (Å²) in [5.41, 5.74) is 2.00. The lowest BCUT2D eigenvalue weighted by molar-refractivity contribution is 0.100. The molecule has 0 saturated heterocycles. The van der Waals surface area contributed by atoms with E-state index in [1.54, 1.807) is 36.4 Å². The second-order valence-corrected chi connectivity index (χ2v) is 8.91. The van der Waals surface area contributed by atoms with Crippen LogP contribution in [0, 0.1) is 0 Å². The summed E-state index contributed by atoms with van der Waals surface area (Å²) in [6.45, 7) is 5.41. The fourth-order valence-corrected chi connectivity index (χ4v) is 4.26. The van der Waals surface area contributed by atoms with E-state index in [9.17, 15) is 19.5 Å². The Labute approximate surface area is 207 Å². The Morgan fingerprint density at radius 1 is 1.03 bits per heavy atom. The number of benzene rings is 2. The molecule has 1 heterocycles. The fraction of sp³-hybridized carbons (Fsp3) is 0.308. The van der Waals surface area contributed by atoms with Gasteiger partial charge in [-0.1, -0.05) is 18.7 Å². The van der Waals surface area contributed by atoms with E-state index in [0.29, 0.717) is 40.5 Å². The van der Waals surface area contributed by atoms with Crippen LogP contribution in [0.2, 0.25) is 0 Å². The maximum Gasteiger partial charge on any atom is 0.258 e. The summed E-state index contributed by atoms with van der Waals surface area (Å²) in [7, 11) is 1.54. The number of thioether (sulfide) groups is 1. The number of nitrogens with one attached hydrogen (secondary N) is 1. The molecule has 0 saturated carbocycles. The van der Waals surface area contributed by atoms with E-state index >= 15 is 0 Å². The van der Waals surface area contributed by atoms with E-state index in [2.05, 4.69) is 9.97 Å². The van der Waals surface area contributed by atoms with Crippen LogP contribution in [0.5, 0.6) is 17.4 Å². The molecule has 35 heavy (non-hydrogen) atoms. The molecule has 3 aromatic rings. The highest BCUT2D eigenvalue weighted by Crippen LogP contribution is 2.29. The Morgan fingerprint density at radius 2 is 1.66 bits per heavy atom. The molecular formula is C26H28N2O6S. The lowest BCUT2D eigenvalue weighted by Crippen LogP contribution is -2.16. The molecule has 0 spiro atoms. The van der Waals surface area contributed by atoms with Gasteiger partial charge in [0.15, 0.2) is 16.7 Å². The van der Waals surface area contributed by atoms with Gasteiger partial charge >= 0.3 is 0 Å². The Balaban J connectivity index is 1.86. The first-order chi connectivity index (χ1) is 16.7. The quantitative estimate of drug-likeness (QED) is 0.225. The van der Waals surface area contributed by atoms with E-state index in [1.807, 2.05) is 6.92 Å². The third kappa shape index (κ3) is 6.51. The van der Waals surface area contributed by atoms with Crippen molar-refractivity contribution in [2.45, 2.75) is 44.5 Å². The smallest absolute Gasteiger partial charge is 0.258 e. The van der Waals surface area contributed by atoms with E-state index in [-0.39, 0.29) is 28.7 Å². The first kappa shape index (κ1) is 26.0. The van der Waals surface area contributed by atoms with Gasteiger partial charge in [0.1, 0.15) is 11.5 Å². The van der Waals surface area contributed by atoms with Gasteiger partial charge in [-0.05, 0) is 62.2 Å². The molecule has 0 bridgehead atoms. The summed E-state index contributed by atoms with van der Waals surface area (Å²) in [4.78, 5) is 43.3. The number of carbonyl (C=O) groups is 2. The van der Waals surface area contributed by atoms with Gasteiger partial charge in [-0.15, -0.1) is 0 Å².